The number of nitrogens with one attached hydrogen (secondary N) is 1. The summed E-state index contributed by atoms with van der Waals surface area (Å²) in [5.41, 5.74) is 2.79. The number of hydrogen-bond acceptors (Lipinski definition) is 4. The van der Waals surface area contributed by atoms with Gasteiger partial charge in [-0.05, 0) is 48.9 Å². The lowest BCUT2D eigenvalue weighted by Gasteiger charge is -2.38. The van der Waals surface area contributed by atoms with Crippen molar-refractivity contribution in [1.82, 2.24) is 4.90 Å². The molecule has 2 heterocycles. The summed E-state index contributed by atoms with van der Waals surface area (Å²) in [4.78, 5) is 29.9. The summed E-state index contributed by atoms with van der Waals surface area (Å²) >= 11 is 0. The van der Waals surface area contributed by atoms with E-state index in [1.54, 1.807) is 0 Å². The second-order valence-electron chi connectivity index (χ2n) is 8.63. The highest BCUT2D eigenvalue weighted by Gasteiger charge is 2.34. The summed E-state index contributed by atoms with van der Waals surface area (Å²) in [6.45, 7) is 6.32. The highest BCUT2D eigenvalue weighted by molar-refractivity contribution is 5.95. The fraction of sp³-hybridized carbons (Fsp3) is 0.440. The van der Waals surface area contributed by atoms with Gasteiger partial charge in [0.05, 0.1) is 18.8 Å². The van der Waals surface area contributed by atoms with Crippen LogP contribution in [0.25, 0.3) is 0 Å². The van der Waals surface area contributed by atoms with Crippen LogP contribution in [0.3, 0.4) is 0 Å². The molecule has 2 aromatic rings. The maximum absolute atomic E-state index is 13.1. The van der Waals surface area contributed by atoms with Crippen LogP contribution in [0.5, 0.6) is 5.75 Å². The van der Waals surface area contributed by atoms with Crippen molar-refractivity contribution in [2.45, 2.75) is 45.1 Å². The van der Waals surface area contributed by atoms with Gasteiger partial charge in [0.15, 0.2) is 6.10 Å². The van der Waals surface area contributed by atoms with E-state index in [1.807, 2.05) is 58.3 Å². The first kappa shape index (κ1) is 21.2. The third kappa shape index (κ3) is 4.84. The fourth-order valence-electron chi connectivity index (χ4n) is 4.38. The molecule has 2 aliphatic rings. The number of carbonyl (C=O) groups is 2. The van der Waals surface area contributed by atoms with E-state index in [0.717, 1.165) is 42.9 Å². The average Bonchev–Trinajstić information content (AvgIpc) is 2.79. The first-order valence-electron chi connectivity index (χ1n) is 11.2. The predicted molar refractivity (Wildman–Crippen MR) is 123 cm³/mol. The second kappa shape index (κ2) is 9.41. The fourth-order valence-corrected chi connectivity index (χ4v) is 4.38. The van der Waals surface area contributed by atoms with Gasteiger partial charge in [-0.25, -0.2) is 0 Å². The maximum Gasteiger partial charge on any atom is 0.265 e. The van der Waals surface area contributed by atoms with Crippen LogP contribution in [0.15, 0.2) is 48.5 Å². The number of nitrogens with zero attached hydrogens (tertiary/aromatic N) is 2. The Labute approximate surface area is 184 Å². The van der Waals surface area contributed by atoms with Crippen LogP contribution in [0.4, 0.5) is 11.4 Å². The summed E-state index contributed by atoms with van der Waals surface area (Å²) in [5.74, 6) is 0.880. The Morgan fingerprint density at radius 2 is 1.74 bits per heavy atom. The molecule has 6 heteroatoms. The van der Waals surface area contributed by atoms with Crippen molar-refractivity contribution in [2.24, 2.45) is 0 Å². The normalized spacial score (nSPS) is 18.4. The lowest BCUT2D eigenvalue weighted by Crippen LogP contribution is -2.52. The van der Waals surface area contributed by atoms with Crippen molar-refractivity contribution in [2.75, 3.05) is 36.4 Å². The van der Waals surface area contributed by atoms with E-state index in [9.17, 15) is 9.59 Å². The Balaban J connectivity index is 1.50. The van der Waals surface area contributed by atoms with Gasteiger partial charge in [-0.15, -0.1) is 0 Å². The van der Waals surface area contributed by atoms with Gasteiger partial charge < -0.3 is 19.9 Å². The van der Waals surface area contributed by atoms with Crippen molar-refractivity contribution in [1.29, 1.82) is 0 Å². The average molecular weight is 422 g/mol. The molecule has 6 nitrogen and oxygen atoms in total. The van der Waals surface area contributed by atoms with Gasteiger partial charge in [-0.3, -0.25) is 9.59 Å². The number of rotatable bonds is 5. The minimum atomic E-state index is -0.594. The number of fused-ring (bicyclic) bond motifs is 1. The lowest BCUT2D eigenvalue weighted by molar-refractivity contribution is -0.139. The first-order chi connectivity index (χ1) is 15.0. The molecule has 0 aromatic heterocycles. The minimum absolute atomic E-state index is 0.0183. The number of benzene rings is 2. The van der Waals surface area contributed by atoms with Crippen LogP contribution < -0.4 is 15.0 Å². The topological polar surface area (TPSA) is 61.9 Å². The molecule has 1 atom stereocenters. The van der Waals surface area contributed by atoms with Crippen molar-refractivity contribution < 1.29 is 14.3 Å². The molecule has 2 aromatic carbocycles. The summed E-state index contributed by atoms with van der Waals surface area (Å²) in [5, 5.41) is 3.06. The van der Waals surface area contributed by atoms with Gasteiger partial charge >= 0.3 is 0 Å². The summed E-state index contributed by atoms with van der Waals surface area (Å²) in [7, 11) is 0. The number of para-hydroxylation sites is 3. The van der Waals surface area contributed by atoms with E-state index >= 15 is 0 Å². The van der Waals surface area contributed by atoms with Gasteiger partial charge in [-0.1, -0.05) is 44.2 Å². The Morgan fingerprint density at radius 3 is 2.52 bits per heavy atom. The highest BCUT2D eigenvalue weighted by Crippen LogP contribution is 2.34. The molecule has 2 amide bonds. The number of ether oxygens (including phenoxy) is 1. The lowest BCUT2D eigenvalue weighted by atomic mass is 10.0. The molecule has 1 fully saturated rings. The number of likely N-dealkylation sites (tertiary alicyclic amines) is 1. The van der Waals surface area contributed by atoms with Crippen molar-refractivity contribution in [3.63, 3.8) is 0 Å². The highest BCUT2D eigenvalue weighted by atomic mass is 16.5. The molecule has 1 unspecified atom stereocenters. The number of hydrogen-bond donors (Lipinski definition) is 1. The molecule has 4 rings (SSSR count). The van der Waals surface area contributed by atoms with Gasteiger partial charge in [0.1, 0.15) is 5.75 Å². The zero-order valence-corrected chi connectivity index (χ0v) is 18.3. The number of amides is 2. The van der Waals surface area contributed by atoms with Crippen molar-refractivity contribution in [3.8, 4) is 5.75 Å². The van der Waals surface area contributed by atoms with Crippen LogP contribution in [0, 0.1) is 0 Å². The maximum atomic E-state index is 13.1. The molecular weight excluding hydrogens is 390 g/mol. The van der Waals surface area contributed by atoms with E-state index in [-0.39, 0.29) is 18.4 Å². The molecule has 0 spiro atoms. The quantitative estimate of drug-likeness (QED) is 0.792. The van der Waals surface area contributed by atoms with Gasteiger partial charge in [0.2, 0.25) is 5.91 Å². The molecule has 164 valence electrons. The van der Waals surface area contributed by atoms with E-state index < -0.39 is 6.10 Å². The van der Waals surface area contributed by atoms with Crippen LogP contribution in [0.1, 0.15) is 44.6 Å². The molecule has 0 aliphatic carbocycles. The Morgan fingerprint density at radius 1 is 1.03 bits per heavy atom. The largest absolute Gasteiger partial charge is 0.477 e. The Kier molecular flexibility index (Phi) is 6.44. The zero-order valence-electron chi connectivity index (χ0n) is 18.3. The van der Waals surface area contributed by atoms with Gasteiger partial charge in [0.25, 0.3) is 5.91 Å². The number of carbonyl (C=O) groups excluding carboxylic acids is 2. The standard InChI is InChI=1S/C25H31N3O3/c1-18(2)19-10-4-5-11-20(19)26-24(29)17-28-16-23(25(30)27-14-8-3-9-15-27)31-22-13-7-6-12-21(22)28/h4-7,10-13,18,23H,3,8-9,14-17H2,1-2H3,(H,26,29). The number of anilines is 2. The third-order valence-corrected chi connectivity index (χ3v) is 6.00. The summed E-state index contributed by atoms with van der Waals surface area (Å²) in [6, 6.07) is 15.5. The Hall–Kier alpha value is -3.02. The summed E-state index contributed by atoms with van der Waals surface area (Å²) in [6.07, 6.45) is 2.65. The second-order valence-corrected chi connectivity index (χ2v) is 8.63. The van der Waals surface area contributed by atoms with Crippen molar-refractivity contribution >= 4 is 23.2 Å². The zero-order chi connectivity index (χ0) is 21.8. The van der Waals surface area contributed by atoms with Crippen LogP contribution >= 0.6 is 0 Å². The van der Waals surface area contributed by atoms with E-state index in [0.29, 0.717) is 18.2 Å². The smallest absolute Gasteiger partial charge is 0.265 e. The van der Waals surface area contributed by atoms with Crippen LogP contribution in [-0.4, -0.2) is 49.0 Å². The molecule has 1 saturated heterocycles. The van der Waals surface area contributed by atoms with E-state index in [4.69, 9.17) is 4.74 Å². The monoisotopic (exact) mass is 421 g/mol. The summed E-state index contributed by atoms with van der Waals surface area (Å²) < 4.78 is 6.06. The molecule has 0 bridgehead atoms. The third-order valence-electron chi connectivity index (χ3n) is 6.00. The van der Waals surface area contributed by atoms with Crippen LogP contribution in [0.2, 0.25) is 0 Å². The minimum Gasteiger partial charge on any atom is -0.477 e. The van der Waals surface area contributed by atoms with Crippen molar-refractivity contribution in [3.05, 3.63) is 54.1 Å². The molecule has 0 radical (unpaired) electrons. The van der Waals surface area contributed by atoms with E-state index in [1.165, 1.54) is 6.42 Å². The van der Waals surface area contributed by atoms with E-state index in [2.05, 4.69) is 19.2 Å². The first-order valence-corrected chi connectivity index (χ1v) is 11.2. The SMILES string of the molecule is CC(C)c1ccccc1NC(=O)CN1CC(C(=O)N2CCCCC2)Oc2ccccc21. The molecule has 2 aliphatic heterocycles. The molecule has 0 saturated carbocycles. The van der Waals surface area contributed by atoms with Gasteiger partial charge in [-0.2, -0.15) is 0 Å². The predicted octanol–water partition coefficient (Wildman–Crippen LogP) is 4.03. The molecule has 31 heavy (non-hydrogen) atoms. The van der Waals surface area contributed by atoms with Gasteiger partial charge in [0, 0.05) is 18.8 Å². The molecule has 1 N–H and O–H groups in total. The molecular formula is C25H31N3O3. The Bertz CT molecular complexity index is 937. The number of piperidine rings is 1. The van der Waals surface area contributed by atoms with Crippen LogP contribution in [-0.2, 0) is 9.59 Å².